The highest BCUT2D eigenvalue weighted by molar-refractivity contribution is 9.09. The molecule has 0 aromatic rings. The van der Waals surface area contributed by atoms with E-state index in [-0.39, 0.29) is 24.0 Å². The summed E-state index contributed by atoms with van der Waals surface area (Å²) < 4.78 is 5.20. The van der Waals surface area contributed by atoms with Crippen LogP contribution in [0.4, 0.5) is 0 Å². The van der Waals surface area contributed by atoms with Crippen molar-refractivity contribution in [3.05, 3.63) is 0 Å². The molecule has 0 radical (unpaired) electrons. The lowest BCUT2D eigenvalue weighted by Crippen LogP contribution is -2.61. The van der Waals surface area contributed by atoms with E-state index in [1.165, 1.54) is 0 Å². The van der Waals surface area contributed by atoms with Crippen molar-refractivity contribution in [1.82, 2.24) is 0 Å². The Labute approximate surface area is 107 Å². The first kappa shape index (κ1) is 12.5. The first-order valence-electron chi connectivity index (χ1n) is 5.32. The van der Waals surface area contributed by atoms with Crippen LogP contribution in [0.5, 0.6) is 0 Å². The van der Waals surface area contributed by atoms with Crippen LogP contribution in [0.25, 0.3) is 0 Å². The standard InChI is InChI=1S/C11H13BrO5/c1-9(2)10(7(14)15)4-3-6(13)11(9,5-12)17-8(10)16/h3-5H2,1-2H3,(H,14,15)/t10-,11+/m0/s1. The van der Waals surface area contributed by atoms with Crippen molar-refractivity contribution in [2.24, 2.45) is 10.8 Å². The van der Waals surface area contributed by atoms with E-state index in [4.69, 9.17) is 4.74 Å². The van der Waals surface area contributed by atoms with Gasteiger partial charge in [0.2, 0.25) is 0 Å². The molecule has 1 saturated carbocycles. The zero-order chi connectivity index (χ0) is 13.1. The second-order valence-corrected chi connectivity index (χ2v) is 5.67. The fourth-order valence-electron chi connectivity index (χ4n) is 3.03. The number of alkyl halides is 1. The van der Waals surface area contributed by atoms with Crippen molar-refractivity contribution < 1.29 is 24.2 Å². The Balaban J connectivity index is 2.70. The average Bonchev–Trinajstić information content (AvgIpc) is 2.33. The Hall–Kier alpha value is -0.910. The summed E-state index contributed by atoms with van der Waals surface area (Å²) in [6.45, 7) is 3.23. The minimum atomic E-state index is -1.60. The molecule has 94 valence electrons. The lowest BCUT2D eigenvalue weighted by molar-refractivity contribution is -0.165. The fraction of sp³-hybridized carbons (Fsp3) is 0.727. The van der Waals surface area contributed by atoms with Gasteiger partial charge in [-0.15, -0.1) is 0 Å². The smallest absolute Gasteiger partial charge is 0.325 e. The molecule has 0 unspecified atom stereocenters. The van der Waals surface area contributed by atoms with Gasteiger partial charge in [-0.2, -0.15) is 0 Å². The quantitative estimate of drug-likeness (QED) is 0.470. The van der Waals surface area contributed by atoms with Crippen LogP contribution in [0.1, 0.15) is 26.7 Å². The van der Waals surface area contributed by atoms with Crippen LogP contribution in [0.15, 0.2) is 0 Å². The van der Waals surface area contributed by atoms with Gasteiger partial charge in [-0.3, -0.25) is 14.4 Å². The average molecular weight is 305 g/mol. The normalized spacial score (nSPS) is 39.0. The van der Waals surface area contributed by atoms with Gasteiger partial charge in [-0.25, -0.2) is 0 Å². The zero-order valence-electron chi connectivity index (χ0n) is 9.58. The number of hydrogen-bond acceptors (Lipinski definition) is 4. The van der Waals surface area contributed by atoms with Gasteiger partial charge in [0.1, 0.15) is 0 Å². The van der Waals surface area contributed by atoms with Gasteiger partial charge >= 0.3 is 11.9 Å². The molecule has 0 aromatic heterocycles. The number of carbonyl (C=O) groups is 3. The third kappa shape index (κ3) is 1.07. The van der Waals surface area contributed by atoms with E-state index in [1.54, 1.807) is 13.8 Å². The van der Waals surface area contributed by atoms with E-state index in [0.717, 1.165) is 0 Å². The zero-order valence-corrected chi connectivity index (χ0v) is 11.2. The molecule has 0 amide bonds. The Bertz CT molecular complexity index is 430. The van der Waals surface area contributed by atoms with Gasteiger partial charge in [0.25, 0.3) is 0 Å². The lowest BCUT2D eigenvalue weighted by Gasteiger charge is -2.45. The van der Waals surface area contributed by atoms with Gasteiger partial charge in [0.15, 0.2) is 16.8 Å². The monoisotopic (exact) mass is 304 g/mol. The summed E-state index contributed by atoms with van der Waals surface area (Å²) in [7, 11) is 0. The molecule has 2 bridgehead atoms. The number of hydrogen-bond donors (Lipinski definition) is 1. The molecule has 1 aliphatic heterocycles. The molecular weight excluding hydrogens is 292 g/mol. The molecule has 5 nitrogen and oxygen atoms in total. The summed E-state index contributed by atoms with van der Waals surface area (Å²) in [4.78, 5) is 35.5. The number of ether oxygens (including phenoxy) is 1. The number of halogens is 1. The summed E-state index contributed by atoms with van der Waals surface area (Å²) in [5.41, 5.74) is -4.00. The van der Waals surface area contributed by atoms with Crippen LogP contribution >= 0.6 is 15.9 Å². The maximum absolute atomic E-state index is 12.0. The van der Waals surface area contributed by atoms with Gasteiger partial charge < -0.3 is 9.84 Å². The van der Waals surface area contributed by atoms with Gasteiger partial charge in [0.05, 0.1) is 5.33 Å². The van der Waals surface area contributed by atoms with E-state index >= 15 is 0 Å². The highest BCUT2D eigenvalue weighted by Crippen LogP contribution is 2.62. The van der Waals surface area contributed by atoms with E-state index < -0.39 is 28.4 Å². The van der Waals surface area contributed by atoms with Gasteiger partial charge in [-0.1, -0.05) is 29.8 Å². The molecule has 0 aromatic carbocycles. The van der Waals surface area contributed by atoms with Crippen LogP contribution in [-0.4, -0.2) is 33.8 Å². The first-order chi connectivity index (χ1) is 7.76. The molecule has 2 rings (SSSR count). The van der Waals surface area contributed by atoms with Crippen LogP contribution in [0.2, 0.25) is 0 Å². The Morgan fingerprint density at radius 1 is 1.47 bits per heavy atom. The van der Waals surface area contributed by atoms with Crippen LogP contribution in [0.3, 0.4) is 0 Å². The number of carbonyl (C=O) groups excluding carboxylic acids is 2. The van der Waals surface area contributed by atoms with Crippen molar-refractivity contribution in [3.63, 3.8) is 0 Å². The molecule has 2 atom stereocenters. The summed E-state index contributed by atoms with van der Waals surface area (Å²) in [5, 5.41) is 9.52. The number of carboxylic acid groups (broad SMARTS) is 1. The SMILES string of the molecule is CC1(C)[C@]2(C(=O)O)CCC(=O)[C@@]1(CBr)OC2=O. The van der Waals surface area contributed by atoms with E-state index in [9.17, 15) is 19.5 Å². The lowest BCUT2D eigenvalue weighted by atomic mass is 9.53. The van der Waals surface area contributed by atoms with E-state index in [1.807, 2.05) is 0 Å². The largest absolute Gasteiger partial charge is 0.480 e. The minimum Gasteiger partial charge on any atom is -0.480 e. The summed E-state index contributed by atoms with van der Waals surface area (Å²) >= 11 is 3.18. The predicted molar refractivity (Wildman–Crippen MR) is 60.7 cm³/mol. The molecule has 2 fully saturated rings. The van der Waals surface area contributed by atoms with Gasteiger partial charge in [0, 0.05) is 11.8 Å². The summed E-state index contributed by atoms with van der Waals surface area (Å²) in [6.07, 6.45) is 0.0782. The van der Waals surface area contributed by atoms with Crippen molar-refractivity contribution in [1.29, 1.82) is 0 Å². The molecule has 6 heteroatoms. The third-order valence-electron chi connectivity index (χ3n) is 4.42. The fourth-order valence-corrected chi connectivity index (χ4v) is 4.15. The van der Waals surface area contributed by atoms with Crippen molar-refractivity contribution >= 4 is 33.7 Å². The van der Waals surface area contributed by atoms with Crippen LogP contribution in [0, 0.1) is 10.8 Å². The number of esters is 1. The number of fused-ring (bicyclic) bond motifs is 2. The predicted octanol–water partition coefficient (Wildman–Crippen LogP) is 1.14. The van der Waals surface area contributed by atoms with E-state index in [0.29, 0.717) is 0 Å². The molecule has 1 N–H and O–H groups in total. The van der Waals surface area contributed by atoms with E-state index in [2.05, 4.69) is 15.9 Å². The third-order valence-corrected chi connectivity index (χ3v) is 5.21. The molecule has 17 heavy (non-hydrogen) atoms. The number of Topliss-reactive ketones (excluding diaryl/α,β-unsaturated/α-hetero) is 1. The Kier molecular flexibility index (Phi) is 2.44. The number of ketones is 1. The first-order valence-corrected chi connectivity index (χ1v) is 6.44. The topological polar surface area (TPSA) is 80.7 Å². The highest BCUT2D eigenvalue weighted by Gasteiger charge is 2.78. The van der Waals surface area contributed by atoms with Crippen LogP contribution < -0.4 is 0 Å². The van der Waals surface area contributed by atoms with Crippen molar-refractivity contribution in [3.8, 4) is 0 Å². The van der Waals surface area contributed by atoms with Crippen molar-refractivity contribution in [2.75, 3.05) is 5.33 Å². The van der Waals surface area contributed by atoms with Crippen molar-refractivity contribution in [2.45, 2.75) is 32.3 Å². The minimum absolute atomic E-state index is 0.0156. The number of carboxylic acids is 1. The second-order valence-electron chi connectivity index (χ2n) is 5.11. The van der Waals surface area contributed by atoms with Gasteiger partial charge in [-0.05, 0) is 6.42 Å². The molecule has 0 spiro atoms. The Morgan fingerprint density at radius 3 is 2.53 bits per heavy atom. The summed E-state index contributed by atoms with van der Waals surface area (Å²) in [6, 6.07) is 0. The Morgan fingerprint density at radius 2 is 2.06 bits per heavy atom. The number of rotatable bonds is 2. The maximum atomic E-state index is 12.0. The molecule has 1 saturated heterocycles. The highest BCUT2D eigenvalue weighted by atomic mass is 79.9. The molecule has 1 aliphatic carbocycles. The summed E-state index contributed by atoms with van der Waals surface area (Å²) in [5.74, 6) is -2.20. The van der Waals surface area contributed by atoms with Crippen LogP contribution in [-0.2, 0) is 19.1 Å². The molecule has 2 aliphatic rings. The second kappa shape index (κ2) is 3.31. The maximum Gasteiger partial charge on any atom is 0.325 e. The number of aliphatic carboxylic acids is 1. The molecule has 1 heterocycles. The molecular formula is C11H13BrO5.